The Balaban J connectivity index is 1.32. The number of aryl methyl sites for hydroxylation is 1. The highest BCUT2D eigenvalue weighted by Crippen LogP contribution is 2.23. The van der Waals surface area contributed by atoms with Gasteiger partial charge < -0.3 is 14.9 Å². The van der Waals surface area contributed by atoms with Gasteiger partial charge in [-0.05, 0) is 68.2 Å². The average molecular weight is 405 g/mol. The molecule has 6 nitrogen and oxygen atoms in total. The summed E-state index contributed by atoms with van der Waals surface area (Å²) in [5.41, 5.74) is 4.29. The van der Waals surface area contributed by atoms with Gasteiger partial charge in [0.15, 0.2) is 0 Å². The van der Waals surface area contributed by atoms with Crippen molar-refractivity contribution in [3.8, 4) is 11.4 Å². The summed E-state index contributed by atoms with van der Waals surface area (Å²) in [7, 11) is 2.08. The first-order valence-electron chi connectivity index (χ1n) is 10.0. The quantitative estimate of drug-likeness (QED) is 0.436. The van der Waals surface area contributed by atoms with Crippen molar-refractivity contribution >= 4 is 10.9 Å². The molecule has 0 aliphatic carbocycles. The Bertz CT molecular complexity index is 1180. The lowest BCUT2D eigenvalue weighted by molar-refractivity contribution is 0.318. The average Bonchev–Trinajstić information content (AvgIpc) is 3.22. The van der Waals surface area contributed by atoms with Crippen LogP contribution in [-0.4, -0.2) is 38.4 Å². The molecule has 0 saturated heterocycles. The van der Waals surface area contributed by atoms with Gasteiger partial charge in [-0.15, -0.1) is 0 Å². The van der Waals surface area contributed by atoms with Crippen molar-refractivity contribution in [2.45, 2.75) is 25.8 Å². The number of aromatic nitrogens is 4. The maximum absolute atomic E-state index is 13.0. The number of benzene rings is 1. The zero-order chi connectivity index (χ0) is 20.9. The summed E-state index contributed by atoms with van der Waals surface area (Å²) < 4.78 is 13.0. The van der Waals surface area contributed by atoms with Crippen LogP contribution in [0.25, 0.3) is 22.3 Å². The molecule has 3 aromatic heterocycles. The van der Waals surface area contributed by atoms with E-state index in [1.54, 1.807) is 12.3 Å². The van der Waals surface area contributed by atoms with Crippen LogP contribution < -0.4 is 5.56 Å². The van der Waals surface area contributed by atoms with Crippen LogP contribution in [-0.2, 0) is 13.0 Å². The van der Waals surface area contributed by atoms with Crippen molar-refractivity contribution in [1.29, 1.82) is 0 Å². The van der Waals surface area contributed by atoms with Crippen LogP contribution in [0.5, 0.6) is 0 Å². The molecule has 0 atom stereocenters. The van der Waals surface area contributed by atoms with E-state index in [1.807, 2.05) is 18.3 Å². The van der Waals surface area contributed by atoms with Gasteiger partial charge in [0.05, 0.1) is 17.4 Å². The molecule has 154 valence electrons. The highest BCUT2D eigenvalue weighted by molar-refractivity contribution is 5.89. The Hall–Kier alpha value is -3.32. The van der Waals surface area contributed by atoms with Gasteiger partial charge in [0.25, 0.3) is 5.56 Å². The zero-order valence-electron chi connectivity index (χ0n) is 16.9. The van der Waals surface area contributed by atoms with Crippen LogP contribution in [0.1, 0.15) is 24.0 Å². The van der Waals surface area contributed by atoms with E-state index in [0.717, 1.165) is 43.6 Å². The number of pyridine rings is 1. The van der Waals surface area contributed by atoms with Crippen molar-refractivity contribution in [3.63, 3.8) is 0 Å². The fourth-order valence-corrected chi connectivity index (χ4v) is 3.61. The second kappa shape index (κ2) is 9.00. The van der Waals surface area contributed by atoms with E-state index in [2.05, 4.69) is 37.9 Å². The molecule has 0 aliphatic heterocycles. The van der Waals surface area contributed by atoms with Crippen molar-refractivity contribution in [2.24, 2.45) is 0 Å². The first-order valence-corrected chi connectivity index (χ1v) is 10.0. The molecule has 0 saturated carbocycles. The van der Waals surface area contributed by atoms with Crippen molar-refractivity contribution in [2.75, 3.05) is 13.6 Å². The number of H-pyrrole nitrogens is 2. The summed E-state index contributed by atoms with van der Waals surface area (Å²) in [6.45, 7) is 1.79. The Morgan fingerprint density at radius 2 is 1.87 bits per heavy atom. The molecule has 1 aromatic carbocycles. The van der Waals surface area contributed by atoms with E-state index in [0.29, 0.717) is 16.6 Å². The number of halogens is 1. The molecule has 0 amide bonds. The maximum atomic E-state index is 13.0. The predicted molar refractivity (Wildman–Crippen MR) is 116 cm³/mol. The van der Waals surface area contributed by atoms with Gasteiger partial charge in [0.1, 0.15) is 17.0 Å². The van der Waals surface area contributed by atoms with Gasteiger partial charge in [-0.2, -0.15) is 0 Å². The van der Waals surface area contributed by atoms with E-state index in [4.69, 9.17) is 0 Å². The molecule has 7 heteroatoms. The summed E-state index contributed by atoms with van der Waals surface area (Å²) in [4.78, 5) is 28.8. The van der Waals surface area contributed by atoms with Crippen LogP contribution in [0.15, 0.2) is 59.9 Å². The topological polar surface area (TPSA) is 77.7 Å². The number of unbranched alkanes of at least 4 members (excludes halogenated alkanes) is 1. The largest absolute Gasteiger partial charge is 0.360 e. The van der Waals surface area contributed by atoms with Crippen LogP contribution >= 0.6 is 0 Å². The Morgan fingerprint density at radius 3 is 2.70 bits per heavy atom. The van der Waals surface area contributed by atoms with Crippen molar-refractivity contribution in [1.82, 2.24) is 24.8 Å². The predicted octanol–water partition coefficient (Wildman–Crippen LogP) is 3.91. The minimum Gasteiger partial charge on any atom is -0.360 e. The highest BCUT2D eigenvalue weighted by atomic mass is 19.1. The molecule has 4 aromatic rings. The van der Waals surface area contributed by atoms with Crippen molar-refractivity contribution < 1.29 is 4.39 Å². The van der Waals surface area contributed by atoms with Crippen LogP contribution in [0.4, 0.5) is 4.39 Å². The summed E-state index contributed by atoms with van der Waals surface area (Å²) in [5.74, 6) is -0.200. The molecule has 2 N–H and O–H groups in total. The Labute approximate surface area is 173 Å². The summed E-state index contributed by atoms with van der Waals surface area (Å²) >= 11 is 0. The summed E-state index contributed by atoms with van der Waals surface area (Å²) in [5, 5.41) is 0.530. The lowest BCUT2D eigenvalue weighted by Gasteiger charge is -2.16. The maximum Gasteiger partial charge on any atom is 0.258 e. The molecule has 3 heterocycles. The van der Waals surface area contributed by atoms with E-state index in [1.165, 1.54) is 24.0 Å². The lowest BCUT2D eigenvalue weighted by atomic mass is 10.1. The van der Waals surface area contributed by atoms with Gasteiger partial charge in [0.2, 0.25) is 0 Å². The lowest BCUT2D eigenvalue weighted by Crippen LogP contribution is -2.19. The molecule has 0 spiro atoms. The molecule has 0 aliphatic rings. The molecule has 0 bridgehead atoms. The first kappa shape index (κ1) is 20.0. The number of rotatable bonds is 8. The normalized spacial score (nSPS) is 11.4. The zero-order valence-corrected chi connectivity index (χ0v) is 16.9. The van der Waals surface area contributed by atoms with Crippen LogP contribution in [0.2, 0.25) is 0 Å². The van der Waals surface area contributed by atoms with Gasteiger partial charge in [0, 0.05) is 18.9 Å². The Morgan fingerprint density at radius 1 is 1.03 bits per heavy atom. The summed E-state index contributed by atoms with van der Waals surface area (Å²) in [6, 6.07) is 10.4. The van der Waals surface area contributed by atoms with Gasteiger partial charge in [-0.1, -0.05) is 12.1 Å². The molecular weight excluding hydrogens is 381 g/mol. The highest BCUT2D eigenvalue weighted by Gasteiger charge is 2.11. The second-order valence-electron chi connectivity index (χ2n) is 7.53. The number of aromatic amines is 2. The third-order valence-electron chi connectivity index (χ3n) is 5.18. The second-order valence-corrected chi connectivity index (χ2v) is 7.53. The number of nitrogens with zero attached hydrogens (tertiary/aromatic N) is 3. The fourth-order valence-electron chi connectivity index (χ4n) is 3.61. The first-order chi connectivity index (χ1) is 14.6. The molecule has 0 fully saturated rings. The van der Waals surface area contributed by atoms with Crippen LogP contribution in [0, 0.1) is 5.82 Å². The SMILES string of the molecule is CN(CCCCc1c[nH]c(-c2nccc3c(=O)[nH]cnc23)c1)Cc1ccc(F)cc1. The van der Waals surface area contributed by atoms with E-state index < -0.39 is 0 Å². The van der Waals surface area contributed by atoms with Gasteiger partial charge in [-0.25, -0.2) is 9.37 Å². The monoisotopic (exact) mass is 405 g/mol. The molecular formula is C23H24FN5O. The van der Waals surface area contributed by atoms with E-state index >= 15 is 0 Å². The standard InChI is InChI=1S/C23H24FN5O/c1-29(14-16-5-7-18(24)8-6-16)11-3-2-4-17-12-20(26-13-17)22-21-19(9-10-25-22)23(30)28-15-27-21/h5-10,12-13,15,26H,2-4,11,14H2,1H3,(H,27,28,30). The smallest absolute Gasteiger partial charge is 0.258 e. The van der Waals surface area contributed by atoms with Crippen LogP contribution in [0.3, 0.4) is 0 Å². The summed E-state index contributed by atoms with van der Waals surface area (Å²) in [6.07, 6.45) is 8.12. The Kier molecular flexibility index (Phi) is 5.99. The fraction of sp³-hybridized carbons (Fsp3) is 0.261. The van der Waals surface area contributed by atoms with Gasteiger partial charge >= 0.3 is 0 Å². The minimum atomic E-state index is -0.200. The number of nitrogens with one attached hydrogen (secondary N) is 2. The molecule has 0 unspecified atom stereocenters. The number of fused-ring (bicyclic) bond motifs is 1. The van der Waals surface area contributed by atoms with E-state index in [9.17, 15) is 9.18 Å². The third kappa shape index (κ3) is 4.63. The molecule has 30 heavy (non-hydrogen) atoms. The van der Waals surface area contributed by atoms with Crippen molar-refractivity contribution in [3.05, 3.63) is 82.4 Å². The number of hydrogen-bond donors (Lipinski definition) is 2. The molecule has 4 rings (SSSR count). The third-order valence-corrected chi connectivity index (χ3v) is 5.18. The molecule has 0 radical (unpaired) electrons. The minimum absolute atomic E-state index is 0.166. The van der Waals surface area contributed by atoms with Gasteiger partial charge in [-0.3, -0.25) is 9.78 Å². The number of hydrogen-bond acceptors (Lipinski definition) is 4. The van der Waals surface area contributed by atoms with E-state index in [-0.39, 0.29) is 11.4 Å².